The summed E-state index contributed by atoms with van der Waals surface area (Å²) in [5.41, 5.74) is 6.89. The summed E-state index contributed by atoms with van der Waals surface area (Å²) in [4.78, 5) is 0.268. The maximum absolute atomic E-state index is 12.2. The fourth-order valence-corrected chi connectivity index (χ4v) is 4.02. The molecule has 0 aromatic carbocycles. The molecule has 1 aromatic rings. The number of aromatic nitrogens is 2. The van der Waals surface area contributed by atoms with E-state index in [-0.39, 0.29) is 10.9 Å². The maximum Gasteiger partial charge on any atom is 0.244 e. The molecule has 2 atom stereocenters. The van der Waals surface area contributed by atoms with E-state index in [1.165, 1.54) is 0 Å². The predicted molar refractivity (Wildman–Crippen MR) is 68.6 cm³/mol. The zero-order valence-electron chi connectivity index (χ0n) is 10.7. The normalized spacial score (nSPS) is 24.6. The smallest absolute Gasteiger partial charge is 0.244 e. The Morgan fingerprint density at radius 3 is 2.67 bits per heavy atom. The van der Waals surface area contributed by atoms with Crippen molar-refractivity contribution < 1.29 is 8.42 Å². The van der Waals surface area contributed by atoms with E-state index < -0.39 is 10.0 Å². The third-order valence-corrected chi connectivity index (χ3v) is 5.16. The molecule has 0 bridgehead atoms. The van der Waals surface area contributed by atoms with E-state index in [4.69, 9.17) is 5.73 Å². The number of hydrogen-bond acceptors (Lipinski definition) is 4. The fourth-order valence-electron chi connectivity index (χ4n) is 2.54. The minimum atomic E-state index is -3.47. The summed E-state index contributed by atoms with van der Waals surface area (Å²) in [7, 11) is -3.47. The number of aromatic amines is 1. The van der Waals surface area contributed by atoms with Gasteiger partial charge in [0.15, 0.2) is 0 Å². The van der Waals surface area contributed by atoms with E-state index in [9.17, 15) is 8.42 Å². The molecule has 1 aliphatic rings. The van der Waals surface area contributed by atoms with Gasteiger partial charge in [-0.05, 0) is 39.0 Å². The summed E-state index contributed by atoms with van der Waals surface area (Å²) in [5.74, 6) is 0.349. The minimum absolute atomic E-state index is 0.219. The number of rotatable bonds is 4. The highest BCUT2D eigenvalue weighted by atomic mass is 32.2. The van der Waals surface area contributed by atoms with Gasteiger partial charge in [-0.25, -0.2) is 13.1 Å². The van der Waals surface area contributed by atoms with Crippen LogP contribution in [0.5, 0.6) is 0 Å². The Balaban J connectivity index is 2.04. The van der Waals surface area contributed by atoms with E-state index in [2.05, 4.69) is 14.9 Å². The summed E-state index contributed by atoms with van der Waals surface area (Å²) in [6, 6.07) is 0.219. The second-order valence-corrected chi connectivity index (χ2v) is 6.76. The number of hydrogen-bond donors (Lipinski definition) is 3. The second-order valence-electron chi connectivity index (χ2n) is 5.05. The molecular formula is C11H20N4O2S. The average Bonchev–Trinajstić information content (AvgIpc) is 2.83. The first-order valence-corrected chi connectivity index (χ1v) is 7.65. The van der Waals surface area contributed by atoms with E-state index in [1.807, 2.05) is 0 Å². The summed E-state index contributed by atoms with van der Waals surface area (Å²) in [6.45, 7) is 3.85. The summed E-state index contributed by atoms with van der Waals surface area (Å²) < 4.78 is 27.0. The van der Waals surface area contributed by atoms with Crippen molar-refractivity contribution >= 4 is 10.0 Å². The molecular weight excluding hydrogens is 252 g/mol. The third-order valence-electron chi connectivity index (χ3n) is 3.47. The molecule has 1 saturated carbocycles. The number of sulfonamides is 1. The molecule has 0 spiro atoms. The quantitative estimate of drug-likeness (QED) is 0.740. The highest BCUT2D eigenvalue weighted by molar-refractivity contribution is 7.89. The molecule has 1 heterocycles. The lowest BCUT2D eigenvalue weighted by atomic mass is 10.1. The van der Waals surface area contributed by atoms with Crippen LogP contribution in [0.15, 0.2) is 4.90 Å². The number of aryl methyl sites for hydroxylation is 2. The van der Waals surface area contributed by atoms with Crippen molar-refractivity contribution in [1.82, 2.24) is 14.9 Å². The number of nitrogens with zero attached hydrogens (tertiary/aromatic N) is 1. The van der Waals surface area contributed by atoms with Gasteiger partial charge in [-0.1, -0.05) is 0 Å². The van der Waals surface area contributed by atoms with Gasteiger partial charge in [-0.2, -0.15) is 5.10 Å². The van der Waals surface area contributed by atoms with Gasteiger partial charge in [0.25, 0.3) is 0 Å². The minimum Gasteiger partial charge on any atom is -0.328 e. The van der Waals surface area contributed by atoms with Crippen molar-refractivity contribution in [1.29, 1.82) is 0 Å². The standard InChI is InChI=1S/C11H20N4O2S/c1-7-11(8(2)15-14-7)18(16,17)13-6-9-3-4-10(12)5-9/h9-10,13H,3-6,12H2,1-2H3,(H,14,15). The Morgan fingerprint density at radius 1 is 1.44 bits per heavy atom. The van der Waals surface area contributed by atoms with Gasteiger partial charge in [-0.15, -0.1) is 0 Å². The van der Waals surface area contributed by atoms with Crippen LogP contribution >= 0.6 is 0 Å². The number of H-pyrrole nitrogens is 1. The van der Waals surface area contributed by atoms with Crippen LogP contribution in [0.1, 0.15) is 30.7 Å². The molecule has 102 valence electrons. The summed E-state index contributed by atoms with van der Waals surface area (Å²) in [5, 5.41) is 6.60. The SMILES string of the molecule is Cc1n[nH]c(C)c1S(=O)(=O)NCC1CCC(N)C1. The molecule has 7 heteroatoms. The predicted octanol–water partition coefficient (Wildman–Crippen LogP) is 0.432. The zero-order valence-corrected chi connectivity index (χ0v) is 11.5. The molecule has 2 unspecified atom stereocenters. The van der Waals surface area contributed by atoms with Crippen LogP contribution in [0.2, 0.25) is 0 Å². The average molecular weight is 272 g/mol. The molecule has 0 saturated heterocycles. The molecule has 1 fully saturated rings. The molecule has 1 aliphatic carbocycles. The van der Waals surface area contributed by atoms with Gasteiger partial charge in [0, 0.05) is 12.6 Å². The van der Waals surface area contributed by atoms with Crippen LogP contribution < -0.4 is 10.5 Å². The fraction of sp³-hybridized carbons (Fsp3) is 0.727. The van der Waals surface area contributed by atoms with E-state index in [0.717, 1.165) is 19.3 Å². The van der Waals surface area contributed by atoms with Gasteiger partial charge >= 0.3 is 0 Å². The van der Waals surface area contributed by atoms with Crippen molar-refractivity contribution in [3.8, 4) is 0 Å². The van der Waals surface area contributed by atoms with Crippen molar-refractivity contribution in [2.75, 3.05) is 6.54 Å². The Morgan fingerprint density at radius 2 is 2.17 bits per heavy atom. The van der Waals surface area contributed by atoms with Crippen molar-refractivity contribution in [3.05, 3.63) is 11.4 Å². The lowest BCUT2D eigenvalue weighted by Gasteiger charge is -2.11. The number of nitrogens with two attached hydrogens (primary N) is 1. The molecule has 0 aliphatic heterocycles. The first-order chi connectivity index (χ1) is 8.40. The first kappa shape index (κ1) is 13.5. The molecule has 18 heavy (non-hydrogen) atoms. The van der Waals surface area contributed by atoms with Crippen LogP contribution in [0.25, 0.3) is 0 Å². The van der Waals surface area contributed by atoms with E-state index in [0.29, 0.717) is 23.9 Å². The van der Waals surface area contributed by atoms with E-state index >= 15 is 0 Å². The lowest BCUT2D eigenvalue weighted by molar-refractivity contribution is 0.512. The highest BCUT2D eigenvalue weighted by Crippen LogP contribution is 2.24. The maximum atomic E-state index is 12.2. The highest BCUT2D eigenvalue weighted by Gasteiger charge is 2.26. The van der Waals surface area contributed by atoms with Crippen molar-refractivity contribution in [2.24, 2.45) is 11.7 Å². The Labute approximate surface area is 107 Å². The zero-order chi connectivity index (χ0) is 13.3. The van der Waals surface area contributed by atoms with Gasteiger partial charge < -0.3 is 5.73 Å². The Kier molecular flexibility index (Phi) is 3.74. The van der Waals surface area contributed by atoms with Crippen LogP contribution in [0.3, 0.4) is 0 Å². The first-order valence-electron chi connectivity index (χ1n) is 6.17. The van der Waals surface area contributed by atoms with Crippen LogP contribution in [-0.4, -0.2) is 31.2 Å². The second kappa shape index (κ2) is 4.99. The molecule has 0 amide bonds. The third kappa shape index (κ3) is 2.73. The molecule has 1 aromatic heterocycles. The lowest BCUT2D eigenvalue weighted by Crippen LogP contribution is -2.30. The summed E-state index contributed by atoms with van der Waals surface area (Å²) in [6.07, 6.45) is 2.87. The largest absolute Gasteiger partial charge is 0.328 e. The van der Waals surface area contributed by atoms with Gasteiger partial charge in [-0.3, -0.25) is 5.10 Å². The molecule has 4 N–H and O–H groups in total. The summed E-state index contributed by atoms with van der Waals surface area (Å²) >= 11 is 0. The van der Waals surface area contributed by atoms with Gasteiger partial charge in [0.05, 0.1) is 11.4 Å². The molecule has 0 radical (unpaired) electrons. The van der Waals surface area contributed by atoms with Crippen LogP contribution in [-0.2, 0) is 10.0 Å². The monoisotopic (exact) mass is 272 g/mol. The topological polar surface area (TPSA) is 101 Å². The molecule has 2 rings (SSSR count). The Hall–Kier alpha value is -0.920. The van der Waals surface area contributed by atoms with Gasteiger partial charge in [0.2, 0.25) is 10.0 Å². The van der Waals surface area contributed by atoms with Gasteiger partial charge in [0.1, 0.15) is 4.90 Å². The Bertz CT molecular complexity index is 504. The number of nitrogens with one attached hydrogen (secondary N) is 2. The van der Waals surface area contributed by atoms with E-state index in [1.54, 1.807) is 13.8 Å². The van der Waals surface area contributed by atoms with Crippen molar-refractivity contribution in [2.45, 2.75) is 44.0 Å². The van der Waals surface area contributed by atoms with Crippen LogP contribution in [0.4, 0.5) is 0 Å². The van der Waals surface area contributed by atoms with Crippen molar-refractivity contribution in [3.63, 3.8) is 0 Å². The molecule has 6 nitrogen and oxygen atoms in total. The van der Waals surface area contributed by atoms with Crippen LogP contribution in [0, 0.1) is 19.8 Å².